The van der Waals surface area contributed by atoms with E-state index in [-0.39, 0.29) is 17.2 Å². The fourth-order valence-electron chi connectivity index (χ4n) is 4.90. The van der Waals surface area contributed by atoms with Crippen molar-refractivity contribution in [2.75, 3.05) is 19.6 Å². The summed E-state index contributed by atoms with van der Waals surface area (Å²) in [5.41, 5.74) is 3.16. The van der Waals surface area contributed by atoms with Crippen molar-refractivity contribution in [3.63, 3.8) is 0 Å². The van der Waals surface area contributed by atoms with Crippen LogP contribution in [0, 0.1) is 0 Å². The summed E-state index contributed by atoms with van der Waals surface area (Å²) in [6.07, 6.45) is 4.29. The zero-order valence-electron chi connectivity index (χ0n) is 22.3. The Morgan fingerprint density at radius 3 is 2.55 bits per heavy atom. The molecule has 0 bridgehead atoms. The number of carbonyl (C=O) groups is 2. The lowest BCUT2D eigenvalue weighted by Crippen LogP contribution is -2.54. The van der Waals surface area contributed by atoms with Gasteiger partial charge in [0.2, 0.25) is 21.8 Å². The van der Waals surface area contributed by atoms with Crippen LogP contribution in [0.2, 0.25) is 0 Å². The molecular formula is C29H36N6O4S. The number of amides is 2. The van der Waals surface area contributed by atoms with E-state index in [1.54, 1.807) is 18.2 Å². The van der Waals surface area contributed by atoms with Gasteiger partial charge < -0.3 is 15.6 Å². The third kappa shape index (κ3) is 7.65. The Labute approximate surface area is 235 Å². The summed E-state index contributed by atoms with van der Waals surface area (Å²) in [5.74, 6) is 4.50. The number of carbonyl (C=O) groups excluding carboxylic acids is 2. The number of nitrogens with two attached hydrogens (primary N) is 1. The second-order valence-corrected chi connectivity index (χ2v) is 11.5. The number of benzene rings is 3. The summed E-state index contributed by atoms with van der Waals surface area (Å²) in [7, 11) is -4.03. The Bertz CT molecular complexity index is 1430. The van der Waals surface area contributed by atoms with E-state index in [1.807, 2.05) is 54.6 Å². The number of rotatable bonds is 13. The monoisotopic (exact) mass is 564 g/mol. The number of hydrogen-bond donors (Lipinski definition) is 4. The van der Waals surface area contributed by atoms with Crippen LogP contribution in [0.3, 0.4) is 0 Å². The van der Waals surface area contributed by atoms with Crippen LogP contribution in [0.1, 0.15) is 31.2 Å². The molecule has 0 aliphatic carbocycles. The molecule has 3 aromatic rings. The quantitative estimate of drug-likeness (QED) is 0.0823. The average Bonchev–Trinajstić information content (AvgIpc) is 3.46. The molecule has 2 atom stereocenters. The molecule has 40 heavy (non-hydrogen) atoms. The van der Waals surface area contributed by atoms with Gasteiger partial charge in [-0.3, -0.25) is 14.6 Å². The Morgan fingerprint density at radius 2 is 1.77 bits per heavy atom. The van der Waals surface area contributed by atoms with E-state index < -0.39 is 28.0 Å². The van der Waals surface area contributed by atoms with Crippen LogP contribution in [0.4, 0.5) is 0 Å². The molecule has 212 valence electrons. The first kappa shape index (κ1) is 29.2. The molecule has 3 aromatic carbocycles. The molecule has 4 rings (SSSR count). The van der Waals surface area contributed by atoms with Crippen molar-refractivity contribution >= 4 is 38.9 Å². The summed E-state index contributed by atoms with van der Waals surface area (Å²) in [5, 5.41) is 4.62. The molecule has 2 amide bonds. The molecule has 11 heteroatoms. The predicted molar refractivity (Wildman–Crippen MR) is 156 cm³/mol. The zero-order valence-corrected chi connectivity index (χ0v) is 23.1. The third-order valence-electron chi connectivity index (χ3n) is 6.93. The van der Waals surface area contributed by atoms with Crippen molar-refractivity contribution in [3.8, 4) is 0 Å². The first-order valence-electron chi connectivity index (χ1n) is 13.5. The fourth-order valence-corrected chi connectivity index (χ4v) is 6.12. The van der Waals surface area contributed by atoms with Gasteiger partial charge in [0.25, 0.3) is 0 Å². The molecule has 1 fully saturated rings. The Morgan fingerprint density at radius 1 is 1.02 bits per heavy atom. The first-order chi connectivity index (χ1) is 19.4. The Kier molecular flexibility index (Phi) is 10.2. The smallest absolute Gasteiger partial charge is 0.242 e. The SMILES string of the molecule is NNC=NCCCCNC(=O)[C@@H]1CCCN1C(=O)[C@@H](Cc1ccccc1)NS(=O)(=O)c1ccc2ccccc2c1. The van der Waals surface area contributed by atoms with Crippen LogP contribution >= 0.6 is 0 Å². The molecule has 0 unspecified atom stereocenters. The number of sulfonamides is 1. The molecule has 1 aliphatic rings. The number of nitrogens with zero attached hydrogens (tertiary/aromatic N) is 2. The van der Waals surface area contributed by atoms with Gasteiger partial charge in [0.15, 0.2) is 0 Å². The number of hydrogen-bond acceptors (Lipinski definition) is 6. The average molecular weight is 565 g/mol. The molecule has 5 N–H and O–H groups in total. The van der Waals surface area contributed by atoms with Crippen molar-refractivity contribution in [2.24, 2.45) is 10.8 Å². The molecule has 0 aromatic heterocycles. The van der Waals surface area contributed by atoms with Crippen LogP contribution < -0.4 is 21.3 Å². The largest absolute Gasteiger partial charge is 0.354 e. The van der Waals surface area contributed by atoms with Crippen molar-refractivity contribution < 1.29 is 18.0 Å². The van der Waals surface area contributed by atoms with Crippen molar-refractivity contribution in [1.82, 2.24) is 20.4 Å². The molecule has 0 radical (unpaired) electrons. The number of likely N-dealkylation sites (tertiary alicyclic amines) is 1. The number of nitrogens with one attached hydrogen (secondary N) is 3. The molecule has 0 spiro atoms. The second-order valence-electron chi connectivity index (χ2n) is 9.76. The van der Waals surface area contributed by atoms with Crippen LogP contribution in [0.5, 0.6) is 0 Å². The van der Waals surface area contributed by atoms with Crippen molar-refractivity contribution in [3.05, 3.63) is 78.4 Å². The van der Waals surface area contributed by atoms with E-state index in [4.69, 9.17) is 5.84 Å². The Balaban J connectivity index is 1.48. The van der Waals surface area contributed by atoms with Gasteiger partial charge in [0.1, 0.15) is 12.1 Å². The zero-order chi connectivity index (χ0) is 28.4. The fraction of sp³-hybridized carbons (Fsp3) is 0.345. The lowest BCUT2D eigenvalue weighted by atomic mass is 10.1. The maximum atomic E-state index is 13.8. The van der Waals surface area contributed by atoms with Crippen LogP contribution in [0.25, 0.3) is 10.8 Å². The number of fused-ring (bicyclic) bond motifs is 1. The van der Waals surface area contributed by atoms with E-state index in [0.29, 0.717) is 32.5 Å². The van der Waals surface area contributed by atoms with Gasteiger partial charge in [-0.2, -0.15) is 4.72 Å². The van der Waals surface area contributed by atoms with Gasteiger partial charge in [0, 0.05) is 19.6 Å². The summed E-state index contributed by atoms with van der Waals surface area (Å²) in [4.78, 5) is 32.5. The lowest BCUT2D eigenvalue weighted by molar-refractivity contribution is -0.139. The van der Waals surface area contributed by atoms with E-state index in [0.717, 1.165) is 29.2 Å². The van der Waals surface area contributed by atoms with Crippen molar-refractivity contribution in [2.45, 2.75) is 49.1 Å². The minimum atomic E-state index is -4.03. The van der Waals surface area contributed by atoms with Gasteiger partial charge in [-0.05, 0) is 60.6 Å². The number of aliphatic imine (C=N–C) groups is 1. The highest BCUT2D eigenvalue weighted by atomic mass is 32.2. The van der Waals surface area contributed by atoms with Crippen LogP contribution in [-0.4, -0.2) is 63.2 Å². The lowest BCUT2D eigenvalue weighted by Gasteiger charge is -2.29. The first-order valence-corrected chi connectivity index (χ1v) is 14.9. The van der Waals surface area contributed by atoms with Gasteiger partial charge in [-0.25, -0.2) is 14.3 Å². The number of hydrazine groups is 1. The third-order valence-corrected chi connectivity index (χ3v) is 8.40. The maximum absolute atomic E-state index is 13.8. The Hall–Kier alpha value is -3.80. The molecular weight excluding hydrogens is 528 g/mol. The van der Waals surface area contributed by atoms with E-state index in [9.17, 15) is 18.0 Å². The highest BCUT2D eigenvalue weighted by Crippen LogP contribution is 2.22. The number of unbranched alkanes of at least 4 members (excludes halogenated alkanes) is 1. The highest BCUT2D eigenvalue weighted by Gasteiger charge is 2.38. The summed E-state index contributed by atoms with van der Waals surface area (Å²) in [6.45, 7) is 1.44. The standard InChI is InChI=1S/C29H36N6O4S/c30-33-21-31-16-6-7-17-32-28(36)27-13-8-18-35(27)29(37)26(19-22-9-2-1-3-10-22)34-40(38,39)25-15-14-23-11-4-5-12-24(23)20-25/h1-5,9-12,14-15,20-21,26-27,34H,6-8,13,16-19,30H2,(H,31,33)(H,32,36)/t26-,27+/m1/s1. The minimum absolute atomic E-state index is 0.0827. The topological polar surface area (TPSA) is 146 Å². The molecule has 0 saturated carbocycles. The molecule has 10 nitrogen and oxygen atoms in total. The van der Waals surface area contributed by atoms with Crippen LogP contribution in [-0.2, 0) is 26.0 Å². The normalized spacial score (nSPS) is 16.3. The summed E-state index contributed by atoms with van der Waals surface area (Å²) < 4.78 is 29.7. The second kappa shape index (κ2) is 14.0. The molecule has 1 aliphatic heterocycles. The molecule has 1 heterocycles. The molecule has 1 saturated heterocycles. The minimum Gasteiger partial charge on any atom is -0.354 e. The van der Waals surface area contributed by atoms with Crippen LogP contribution in [0.15, 0.2) is 82.7 Å². The maximum Gasteiger partial charge on any atom is 0.242 e. The van der Waals surface area contributed by atoms with E-state index in [2.05, 4.69) is 20.5 Å². The van der Waals surface area contributed by atoms with Gasteiger partial charge >= 0.3 is 0 Å². The van der Waals surface area contributed by atoms with Gasteiger partial charge in [-0.15, -0.1) is 0 Å². The van der Waals surface area contributed by atoms with E-state index in [1.165, 1.54) is 11.2 Å². The van der Waals surface area contributed by atoms with Crippen molar-refractivity contribution in [1.29, 1.82) is 0 Å². The van der Waals surface area contributed by atoms with E-state index >= 15 is 0 Å². The summed E-state index contributed by atoms with van der Waals surface area (Å²) >= 11 is 0. The van der Waals surface area contributed by atoms with Gasteiger partial charge in [0.05, 0.1) is 11.2 Å². The summed E-state index contributed by atoms with van der Waals surface area (Å²) in [6, 6.07) is 19.9. The van der Waals surface area contributed by atoms with Gasteiger partial charge in [-0.1, -0.05) is 60.7 Å². The predicted octanol–water partition coefficient (Wildman–Crippen LogP) is 2.11. The highest BCUT2D eigenvalue weighted by molar-refractivity contribution is 7.89.